The molecule has 15 heteroatoms. The molecule has 4 atom stereocenters. The van der Waals surface area contributed by atoms with Crippen molar-refractivity contribution < 1.29 is 28.3 Å². The van der Waals surface area contributed by atoms with E-state index in [-0.39, 0.29) is 54.6 Å². The number of anilines is 1. The van der Waals surface area contributed by atoms with Crippen LogP contribution in [0.25, 0.3) is 11.2 Å². The van der Waals surface area contributed by atoms with Crippen LogP contribution in [0.4, 0.5) is 5.95 Å². The molecule has 2 aromatic heterocycles. The predicted molar refractivity (Wildman–Crippen MR) is 161 cm³/mol. The Kier molecular flexibility index (Phi) is 9.98. The summed E-state index contributed by atoms with van der Waals surface area (Å²) in [4.78, 5) is 35.6. The van der Waals surface area contributed by atoms with E-state index in [2.05, 4.69) is 20.0 Å². The van der Waals surface area contributed by atoms with Gasteiger partial charge in [-0.05, 0) is 25.3 Å². The molecule has 1 aliphatic rings. The van der Waals surface area contributed by atoms with Crippen LogP contribution in [0.15, 0.2) is 41.5 Å². The summed E-state index contributed by atoms with van der Waals surface area (Å²) in [6.07, 6.45) is 0.453. The van der Waals surface area contributed by atoms with Crippen LogP contribution in [-0.4, -0.2) is 61.4 Å². The number of imidazole rings is 1. The summed E-state index contributed by atoms with van der Waals surface area (Å²) >= 11 is 1.01. The Labute approximate surface area is 248 Å². The van der Waals surface area contributed by atoms with Crippen LogP contribution in [0, 0.1) is 16.7 Å². The van der Waals surface area contributed by atoms with Crippen molar-refractivity contribution in [3.05, 3.63) is 52.6 Å². The number of carbonyl (C=O) groups excluding carboxylic acids is 1. The van der Waals surface area contributed by atoms with E-state index in [0.29, 0.717) is 5.65 Å². The number of nitrogens with two attached hydrogens (primary N) is 1. The van der Waals surface area contributed by atoms with E-state index < -0.39 is 36.5 Å². The van der Waals surface area contributed by atoms with Crippen molar-refractivity contribution in [3.63, 3.8) is 0 Å². The zero-order valence-electron chi connectivity index (χ0n) is 24.4. The average molecular weight is 623 g/mol. The number of hydrogen-bond acceptors (Lipinski definition) is 11. The number of ether oxygens (including phenoxy) is 1. The van der Waals surface area contributed by atoms with Gasteiger partial charge in [-0.15, -0.1) is 0 Å². The number of nitrogens with zero attached hydrogens (tertiary/aromatic N) is 3. The van der Waals surface area contributed by atoms with Gasteiger partial charge in [0.1, 0.15) is 6.23 Å². The topological polar surface area (TPSA) is 184 Å². The van der Waals surface area contributed by atoms with Crippen LogP contribution < -0.4 is 16.4 Å². The molecule has 5 N–H and O–H groups in total. The molecule has 230 valence electrons. The first-order chi connectivity index (χ1) is 19.8. The zero-order chi connectivity index (χ0) is 30.7. The Morgan fingerprint density at radius 3 is 2.71 bits per heavy atom. The maximum Gasteiger partial charge on any atom is 0.405 e. The second-order valence-electron chi connectivity index (χ2n) is 11.5. The first-order valence-electron chi connectivity index (χ1n) is 13.6. The van der Waals surface area contributed by atoms with Crippen molar-refractivity contribution in [1.82, 2.24) is 24.6 Å². The minimum Gasteiger partial charge on any atom is -0.395 e. The second-order valence-corrected chi connectivity index (χ2v) is 14.4. The SMILES string of the molecule is C[C@@H]1[C@@H](COP(=O)(NCc2ccccc2)OCCSC(=O)C(C)(C)CO)O[C@@H](n2cnc3c(=O)[nH]c(N)nc32)C1(C)C. The van der Waals surface area contributed by atoms with Crippen molar-refractivity contribution in [3.8, 4) is 0 Å². The Morgan fingerprint density at radius 2 is 2.02 bits per heavy atom. The smallest absolute Gasteiger partial charge is 0.395 e. The van der Waals surface area contributed by atoms with Crippen molar-refractivity contribution in [1.29, 1.82) is 0 Å². The normalized spacial score (nSPS) is 21.9. The quantitative estimate of drug-likeness (QED) is 0.161. The summed E-state index contributed by atoms with van der Waals surface area (Å²) < 4.78 is 33.6. The lowest BCUT2D eigenvalue weighted by molar-refractivity contribution is -0.119. The van der Waals surface area contributed by atoms with Gasteiger partial charge in [0.05, 0.1) is 37.7 Å². The van der Waals surface area contributed by atoms with Crippen molar-refractivity contribution in [2.45, 2.75) is 53.5 Å². The fourth-order valence-corrected chi connectivity index (χ4v) is 6.76. The third-order valence-electron chi connectivity index (χ3n) is 7.63. The lowest BCUT2D eigenvalue weighted by Gasteiger charge is -2.30. The van der Waals surface area contributed by atoms with E-state index in [1.807, 2.05) is 51.1 Å². The Balaban J connectivity index is 1.46. The number of rotatable bonds is 13. The lowest BCUT2D eigenvalue weighted by atomic mass is 9.78. The van der Waals surface area contributed by atoms with E-state index >= 15 is 0 Å². The maximum absolute atomic E-state index is 13.8. The van der Waals surface area contributed by atoms with Gasteiger partial charge in [0, 0.05) is 17.7 Å². The van der Waals surface area contributed by atoms with E-state index in [1.54, 1.807) is 18.4 Å². The van der Waals surface area contributed by atoms with Crippen LogP contribution in [0.2, 0.25) is 0 Å². The van der Waals surface area contributed by atoms with Crippen LogP contribution in [-0.2, 0) is 29.7 Å². The number of thioether (sulfide) groups is 1. The molecule has 1 fully saturated rings. The molecule has 1 aliphatic heterocycles. The molecule has 0 radical (unpaired) electrons. The van der Waals surface area contributed by atoms with E-state index in [0.717, 1.165) is 17.3 Å². The molecule has 0 amide bonds. The third kappa shape index (κ3) is 7.13. The standard InChI is InChI=1S/C27H39N6O7PS/c1-17-19(40-23(27(17,4)5)33-16-29-20-21(33)31-25(28)32-22(20)35)14-39-41(37,30-13-18-9-7-6-8-10-18)38-11-12-42-24(36)26(2,3)15-34/h6-10,16-17,19,23,34H,11-15H2,1-5H3,(H,30,37)(H3,28,31,32,35)/t17-,19-,23-,41?/m1/s1. The van der Waals surface area contributed by atoms with E-state index in [4.69, 9.17) is 19.5 Å². The van der Waals surface area contributed by atoms with E-state index in [1.165, 1.54) is 6.33 Å². The summed E-state index contributed by atoms with van der Waals surface area (Å²) in [6, 6.07) is 9.42. The number of nitrogen functional groups attached to an aromatic ring is 1. The Morgan fingerprint density at radius 1 is 1.31 bits per heavy atom. The highest BCUT2D eigenvalue weighted by molar-refractivity contribution is 8.13. The number of benzene rings is 1. The molecular formula is C27H39N6O7PS. The summed E-state index contributed by atoms with van der Waals surface area (Å²) in [5.41, 5.74) is 5.34. The fourth-order valence-electron chi connectivity index (χ4n) is 4.52. The number of aromatic nitrogens is 4. The first-order valence-corrected chi connectivity index (χ1v) is 16.1. The molecule has 0 aliphatic carbocycles. The van der Waals surface area contributed by atoms with Crippen molar-refractivity contribution in [2.75, 3.05) is 31.3 Å². The Bertz CT molecular complexity index is 1500. The van der Waals surface area contributed by atoms with Gasteiger partial charge in [-0.2, -0.15) is 4.98 Å². The van der Waals surface area contributed by atoms with Crippen LogP contribution in [0.1, 0.15) is 46.4 Å². The van der Waals surface area contributed by atoms with E-state index in [9.17, 15) is 19.3 Å². The predicted octanol–water partition coefficient (Wildman–Crippen LogP) is 3.47. The Hall–Kier alpha value is -2.58. The summed E-state index contributed by atoms with van der Waals surface area (Å²) in [6.45, 7) is 9.27. The van der Waals surface area contributed by atoms with Gasteiger partial charge >= 0.3 is 7.75 Å². The monoisotopic (exact) mass is 622 g/mol. The van der Waals surface area contributed by atoms with Gasteiger partial charge in [-0.1, -0.05) is 62.9 Å². The summed E-state index contributed by atoms with van der Waals surface area (Å²) in [5, 5.41) is 12.2. The number of H-pyrrole nitrogens is 1. The van der Waals surface area contributed by atoms with Gasteiger partial charge in [-0.3, -0.25) is 28.2 Å². The highest BCUT2D eigenvalue weighted by Gasteiger charge is 2.50. The summed E-state index contributed by atoms with van der Waals surface area (Å²) in [5.74, 6) is 0.132. The van der Waals surface area contributed by atoms with Crippen molar-refractivity contribution >= 4 is 41.7 Å². The number of aromatic amines is 1. The molecular weight excluding hydrogens is 583 g/mol. The fraction of sp³-hybridized carbons (Fsp3) is 0.556. The lowest BCUT2D eigenvalue weighted by Crippen LogP contribution is -2.29. The molecule has 42 heavy (non-hydrogen) atoms. The third-order valence-corrected chi connectivity index (χ3v) is 10.4. The van der Waals surface area contributed by atoms with Crippen LogP contribution in [0.3, 0.4) is 0 Å². The molecule has 1 aromatic carbocycles. The average Bonchev–Trinajstić information content (AvgIpc) is 3.47. The number of nitrogens with one attached hydrogen (secondary N) is 2. The molecule has 0 spiro atoms. The van der Waals surface area contributed by atoms with Gasteiger partial charge in [0.25, 0.3) is 5.56 Å². The van der Waals surface area contributed by atoms with Gasteiger partial charge < -0.3 is 15.6 Å². The molecule has 3 aromatic rings. The summed E-state index contributed by atoms with van der Waals surface area (Å²) in [7, 11) is -3.84. The highest BCUT2D eigenvalue weighted by Crippen LogP contribution is 2.51. The molecule has 13 nitrogen and oxygen atoms in total. The number of carbonyl (C=O) groups is 1. The number of aliphatic hydroxyl groups excluding tert-OH is 1. The van der Waals surface area contributed by atoms with Gasteiger partial charge in [0.2, 0.25) is 5.95 Å². The zero-order valence-corrected chi connectivity index (χ0v) is 26.1. The largest absolute Gasteiger partial charge is 0.405 e. The van der Waals surface area contributed by atoms with Gasteiger partial charge in [-0.25, -0.2) is 14.6 Å². The molecule has 1 saturated heterocycles. The number of fused-ring (bicyclic) bond motifs is 1. The minimum atomic E-state index is -3.84. The number of hydrogen-bond donors (Lipinski definition) is 4. The maximum atomic E-state index is 13.8. The second kappa shape index (κ2) is 13.0. The first kappa shape index (κ1) is 32.3. The molecule has 0 bridgehead atoms. The molecule has 0 saturated carbocycles. The molecule has 4 rings (SSSR count). The van der Waals surface area contributed by atoms with Crippen LogP contribution >= 0.6 is 19.5 Å². The minimum absolute atomic E-state index is 0.0190. The number of aliphatic hydroxyl groups is 1. The highest BCUT2D eigenvalue weighted by atomic mass is 32.2. The molecule has 3 heterocycles. The van der Waals surface area contributed by atoms with Gasteiger partial charge in [0.15, 0.2) is 16.3 Å². The van der Waals surface area contributed by atoms with Crippen LogP contribution in [0.5, 0.6) is 0 Å². The molecule has 1 unspecified atom stereocenters. The van der Waals surface area contributed by atoms with Crippen molar-refractivity contribution in [2.24, 2.45) is 16.7 Å².